The molecule has 7 heteroatoms. The van der Waals surface area contributed by atoms with E-state index in [9.17, 15) is 4.39 Å². The molecule has 0 saturated carbocycles. The zero-order valence-corrected chi connectivity index (χ0v) is 11.1. The van der Waals surface area contributed by atoms with Gasteiger partial charge in [-0.3, -0.25) is 0 Å². The summed E-state index contributed by atoms with van der Waals surface area (Å²) in [4.78, 5) is 7.63. The molecule has 2 rings (SSSR count). The van der Waals surface area contributed by atoms with Crippen LogP contribution in [0.1, 0.15) is 5.56 Å². The van der Waals surface area contributed by atoms with Crippen LogP contribution in [-0.4, -0.2) is 9.97 Å². The van der Waals surface area contributed by atoms with Crippen LogP contribution in [0.2, 0.25) is 5.15 Å². The first kappa shape index (κ1) is 12.7. The van der Waals surface area contributed by atoms with E-state index in [2.05, 4.69) is 31.2 Å². The zero-order valence-electron chi connectivity index (χ0n) is 8.78. The summed E-state index contributed by atoms with van der Waals surface area (Å²) >= 11 is 8.84. The number of rotatable bonds is 2. The minimum atomic E-state index is -0.373. The quantitative estimate of drug-likeness (QED) is 0.855. The van der Waals surface area contributed by atoms with Gasteiger partial charge in [-0.25, -0.2) is 14.4 Å². The Bertz CT molecular complexity index is 641. The molecule has 1 heterocycles. The highest BCUT2D eigenvalue weighted by Gasteiger charge is 2.10. The van der Waals surface area contributed by atoms with Gasteiger partial charge in [0.05, 0.1) is 4.47 Å². The Hall–Kier alpha value is -1.71. The second-order valence-electron chi connectivity index (χ2n) is 3.25. The highest BCUT2D eigenvalue weighted by atomic mass is 79.9. The Morgan fingerprint density at radius 1 is 1.39 bits per heavy atom. The van der Waals surface area contributed by atoms with Gasteiger partial charge < -0.3 is 5.32 Å². The smallest absolute Gasteiger partial charge is 0.153 e. The lowest BCUT2D eigenvalue weighted by atomic mass is 10.3. The molecule has 0 unspecified atom stereocenters. The first-order chi connectivity index (χ1) is 8.61. The zero-order chi connectivity index (χ0) is 13.1. The number of nitrogens with zero attached hydrogens (tertiary/aromatic N) is 3. The van der Waals surface area contributed by atoms with Gasteiger partial charge in [0.25, 0.3) is 0 Å². The summed E-state index contributed by atoms with van der Waals surface area (Å²) in [6, 6.07) is 6.26. The first-order valence-corrected chi connectivity index (χ1v) is 5.91. The Balaban J connectivity index is 2.37. The van der Waals surface area contributed by atoms with Gasteiger partial charge in [0.15, 0.2) is 11.0 Å². The molecule has 0 aliphatic heterocycles. The molecule has 0 fully saturated rings. The Morgan fingerprint density at radius 3 is 2.83 bits per heavy atom. The molecule has 18 heavy (non-hydrogen) atoms. The summed E-state index contributed by atoms with van der Waals surface area (Å²) in [6.45, 7) is 0. The minimum absolute atomic E-state index is 0.0659. The highest BCUT2D eigenvalue weighted by molar-refractivity contribution is 9.10. The maximum atomic E-state index is 13.1. The second-order valence-corrected chi connectivity index (χ2v) is 4.47. The molecule has 0 saturated heterocycles. The molecular weight excluding hydrogens is 323 g/mol. The van der Waals surface area contributed by atoms with Gasteiger partial charge in [-0.15, -0.1) is 0 Å². The lowest BCUT2D eigenvalue weighted by Crippen LogP contribution is -1.99. The Kier molecular flexibility index (Phi) is 3.75. The van der Waals surface area contributed by atoms with Crippen molar-refractivity contribution in [2.24, 2.45) is 0 Å². The van der Waals surface area contributed by atoms with E-state index >= 15 is 0 Å². The molecule has 0 amide bonds. The summed E-state index contributed by atoms with van der Waals surface area (Å²) < 4.78 is 13.4. The van der Waals surface area contributed by atoms with Crippen molar-refractivity contribution < 1.29 is 4.39 Å². The van der Waals surface area contributed by atoms with Gasteiger partial charge in [0.1, 0.15) is 23.8 Å². The first-order valence-electron chi connectivity index (χ1n) is 4.74. The normalized spacial score (nSPS) is 9.89. The van der Waals surface area contributed by atoms with E-state index in [0.717, 1.165) is 0 Å². The third kappa shape index (κ3) is 2.58. The van der Waals surface area contributed by atoms with Crippen molar-refractivity contribution in [3.8, 4) is 6.07 Å². The lowest BCUT2D eigenvalue weighted by molar-refractivity contribution is 0.621. The van der Waals surface area contributed by atoms with E-state index < -0.39 is 0 Å². The largest absolute Gasteiger partial charge is 0.339 e. The van der Waals surface area contributed by atoms with Crippen molar-refractivity contribution in [1.29, 1.82) is 5.26 Å². The predicted molar refractivity (Wildman–Crippen MR) is 69.1 cm³/mol. The number of nitriles is 1. The highest BCUT2D eigenvalue weighted by Crippen LogP contribution is 2.25. The van der Waals surface area contributed by atoms with Gasteiger partial charge in [-0.2, -0.15) is 5.26 Å². The van der Waals surface area contributed by atoms with Crippen LogP contribution in [0.4, 0.5) is 15.9 Å². The average Bonchev–Trinajstić information content (AvgIpc) is 2.34. The third-order valence-electron chi connectivity index (χ3n) is 2.10. The number of anilines is 2. The van der Waals surface area contributed by atoms with Gasteiger partial charge in [0.2, 0.25) is 0 Å². The van der Waals surface area contributed by atoms with Gasteiger partial charge >= 0.3 is 0 Å². The SMILES string of the molecule is N#Cc1c(Cl)ncnc1Nc1ccc(F)c(Br)c1. The summed E-state index contributed by atoms with van der Waals surface area (Å²) in [5.41, 5.74) is 0.717. The molecule has 90 valence electrons. The number of halogens is 3. The van der Waals surface area contributed by atoms with Crippen molar-refractivity contribution in [2.45, 2.75) is 0 Å². The van der Waals surface area contributed by atoms with Crippen LogP contribution in [0.25, 0.3) is 0 Å². The van der Waals surface area contributed by atoms with Crippen LogP contribution >= 0.6 is 27.5 Å². The van der Waals surface area contributed by atoms with Crippen molar-refractivity contribution in [3.63, 3.8) is 0 Å². The van der Waals surface area contributed by atoms with Crippen molar-refractivity contribution in [1.82, 2.24) is 9.97 Å². The van der Waals surface area contributed by atoms with E-state index in [1.165, 1.54) is 24.5 Å². The fraction of sp³-hybridized carbons (Fsp3) is 0. The summed E-state index contributed by atoms with van der Waals surface area (Å²) in [6.07, 6.45) is 1.24. The maximum Gasteiger partial charge on any atom is 0.153 e. The number of hydrogen-bond donors (Lipinski definition) is 1. The molecule has 0 aliphatic rings. The van der Waals surface area contributed by atoms with Gasteiger partial charge in [0, 0.05) is 5.69 Å². The van der Waals surface area contributed by atoms with Crippen LogP contribution in [-0.2, 0) is 0 Å². The van der Waals surface area contributed by atoms with Gasteiger partial charge in [-0.05, 0) is 34.1 Å². The molecule has 1 aromatic heterocycles. The number of benzene rings is 1. The van der Waals surface area contributed by atoms with E-state index in [0.29, 0.717) is 10.2 Å². The van der Waals surface area contributed by atoms with Crippen LogP contribution < -0.4 is 5.32 Å². The molecule has 0 spiro atoms. The lowest BCUT2D eigenvalue weighted by Gasteiger charge is -2.08. The summed E-state index contributed by atoms with van der Waals surface area (Å²) in [5.74, 6) is -0.0993. The minimum Gasteiger partial charge on any atom is -0.339 e. The molecule has 4 nitrogen and oxygen atoms in total. The van der Waals surface area contributed by atoms with E-state index in [1.807, 2.05) is 6.07 Å². The molecule has 0 bridgehead atoms. The van der Waals surface area contributed by atoms with E-state index in [-0.39, 0.29) is 22.4 Å². The van der Waals surface area contributed by atoms with Crippen molar-refractivity contribution >= 4 is 39.0 Å². The molecule has 1 N–H and O–H groups in total. The van der Waals surface area contributed by atoms with Crippen LogP contribution in [0.15, 0.2) is 29.0 Å². The number of aromatic nitrogens is 2. The fourth-order valence-corrected chi connectivity index (χ4v) is 1.82. The molecule has 0 atom stereocenters. The van der Waals surface area contributed by atoms with Crippen molar-refractivity contribution in [3.05, 3.63) is 45.5 Å². The van der Waals surface area contributed by atoms with Gasteiger partial charge in [-0.1, -0.05) is 11.6 Å². The Morgan fingerprint density at radius 2 is 2.17 bits per heavy atom. The molecule has 2 aromatic rings. The van der Waals surface area contributed by atoms with Crippen LogP contribution in [0.5, 0.6) is 0 Å². The number of nitrogens with one attached hydrogen (secondary N) is 1. The molecule has 0 radical (unpaired) electrons. The standard InChI is InChI=1S/C11H5BrClFN4/c12-8-3-6(1-2-9(8)14)18-11-7(4-15)10(13)16-5-17-11/h1-3,5H,(H,16,17,18). The fourth-order valence-electron chi connectivity index (χ4n) is 1.27. The van der Waals surface area contributed by atoms with Crippen LogP contribution in [0.3, 0.4) is 0 Å². The summed E-state index contributed by atoms with van der Waals surface area (Å²) in [5, 5.41) is 11.9. The predicted octanol–water partition coefficient (Wildman–Crippen LogP) is 3.65. The Labute approximate surface area is 116 Å². The van der Waals surface area contributed by atoms with E-state index in [4.69, 9.17) is 16.9 Å². The molecular formula is C11H5BrClFN4. The average molecular weight is 328 g/mol. The summed E-state index contributed by atoms with van der Waals surface area (Å²) in [7, 11) is 0. The topological polar surface area (TPSA) is 61.6 Å². The second kappa shape index (κ2) is 5.29. The maximum absolute atomic E-state index is 13.1. The van der Waals surface area contributed by atoms with E-state index in [1.54, 1.807) is 0 Å². The molecule has 1 aromatic carbocycles. The monoisotopic (exact) mass is 326 g/mol. The van der Waals surface area contributed by atoms with Crippen molar-refractivity contribution in [2.75, 3.05) is 5.32 Å². The number of hydrogen-bond acceptors (Lipinski definition) is 4. The third-order valence-corrected chi connectivity index (χ3v) is 2.99. The molecule has 0 aliphatic carbocycles. The van der Waals surface area contributed by atoms with Crippen LogP contribution in [0, 0.1) is 17.1 Å².